The maximum Gasteiger partial charge on any atom is 0.0983 e. The number of hydrogen-bond acceptors (Lipinski definition) is 3. The fourth-order valence-corrected chi connectivity index (χ4v) is 4.09. The molecule has 3 aromatic heterocycles. The van der Waals surface area contributed by atoms with E-state index in [9.17, 15) is 0 Å². The Bertz CT molecular complexity index is 1030. The molecule has 0 atom stereocenters. The summed E-state index contributed by atoms with van der Waals surface area (Å²) >= 11 is 0. The van der Waals surface area contributed by atoms with Gasteiger partial charge in [-0.15, -0.1) is 0 Å². The minimum atomic E-state index is -0.0921. The van der Waals surface area contributed by atoms with Crippen molar-refractivity contribution in [1.29, 1.82) is 0 Å². The van der Waals surface area contributed by atoms with E-state index in [1.54, 1.807) is 0 Å². The van der Waals surface area contributed by atoms with Crippen molar-refractivity contribution in [3.63, 3.8) is 0 Å². The summed E-state index contributed by atoms with van der Waals surface area (Å²) in [4.78, 5) is 14.5. The molecular formula is C27H35N3. The quantitative estimate of drug-likeness (QED) is 0.460. The van der Waals surface area contributed by atoms with Crippen LogP contribution in [0.2, 0.25) is 0 Å². The van der Waals surface area contributed by atoms with Crippen LogP contribution in [0.25, 0.3) is 22.6 Å². The average molecular weight is 402 g/mol. The Morgan fingerprint density at radius 1 is 0.567 bits per heavy atom. The molecule has 0 N–H and O–H groups in total. The van der Waals surface area contributed by atoms with Crippen LogP contribution in [0.5, 0.6) is 0 Å². The Labute approximate surface area is 182 Å². The molecule has 3 rings (SSSR count). The third-order valence-electron chi connectivity index (χ3n) is 5.36. The van der Waals surface area contributed by atoms with Gasteiger partial charge in [0, 0.05) is 24.2 Å². The van der Waals surface area contributed by atoms with E-state index in [0.29, 0.717) is 0 Å². The summed E-state index contributed by atoms with van der Waals surface area (Å²) in [5.41, 5.74) is 7.63. The van der Waals surface area contributed by atoms with Gasteiger partial charge in [0.15, 0.2) is 0 Å². The predicted molar refractivity (Wildman–Crippen MR) is 127 cm³/mol. The zero-order valence-corrected chi connectivity index (χ0v) is 20.0. The van der Waals surface area contributed by atoms with Crippen molar-refractivity contribution < 1.29 is 0 Å². The molecule has 3 heteroatoms. The molecule has 0 saturated heterocycles. The minimum absolute atomic E-state index is 0.00206. The minimum Gasteiger partial charge on any atom is -0.256 e. The summed E-state index contributed by atoms with van der Waals surface area (Å²) in [5.74, 6) is 0. The molecule has 0 aliphatic carbocycles. The molecule has 0 aromatic carbocycles. The molecule has 0 fully saturated rings. The molecule has 0 radical (unpaired) electrons. The van der Waals surface area contributed by atoms with Crippen LogP contribution in [0.1, 0.15) is 79.0 Å². The van der Waals surface area contributed by atoms with Gasteiger partial charge in [0.1, 0.15) is 0 Å². The zero-order chi connectivity index (χ0) is 22.3. The van der Waals surface area contributed by atoms with Gasteiger partial charge in [0.05, 0.1) is 17.1 Å². The van der Waals surface area contributed by atoms with Crippen LogP contribution in [0.15, 0.2) is 48.9 Å². The lowest BCUT2D eigenvalue weighted by atomic mass is 9.68. The molecule has 3 nitrogen and oxygen atoms in total. The third-order valence-corrected chi connectivity index (χ3v) is 5.36. The molecule has 158 valence electrons. The van der Waals surface area contributed by atoms with E-state index in [1.165, 1.54) is 16.7 Å². The standard InChI is InChI=1S/C27H35N3/c1-25(2,3)19-17-30-24(22(27(7,8)9)21(19)26(4,5)6)23-18(13-12-16-29-23)20-14-10-11-15-28-20/h10-17H,1-9H3. The van der Waals surface area contributed by atoms with E-state index < -0.39 is 0 Å². The first-order chi connectivity index (χ1) is 13.8. The van der Waals surface area contributed by atoms with E-state index in [4.69, 9.17) is 9.97 Å². The largest absolute Gasteiger partial charge is 0.256 e. The maximum absolute atomic E-state index is 5.05. The highest BCUT2D eigenvalue weighted by atomic mass is 14.8. The van der Waals surface area contributed by atoms with Crippen LogP contribution in [-0.2, 0) is 16.2 Å². The fourth-order valence-electron chi connectivity index (χ4n) is 4.09. The van der Waals surface area contributed by atoms with Crippen molar-refractivity contribution >= 4 is 0 Å². The summed E-state index contributed by atoms with van der Waals surface area (Å²) in [6, 6.07) is 10.0. The van der Waals surface area contributed by atoms with Crippen molar-refractivity contribution in [2.24, 2.45) is 0 Å². The topological polar surface area (TPSA) is 38.7 Å². The highest BCUT2D eigenvalue weighted by Gasteiger charge is 2.35. The lowest BCUT2D eigenvalue weighted by Crippen LogP contribution is -2.29. The number of nitrogens with zero attached hydrogens (tertiary/aromatic N) is 3. The van der Waals surface area contributed by atoms with Crippen LogP contribution < -0.4 is 0 Å². The molecule has 0 saturated carbocycles. The lowest BCUT2D eigenvalue weighted by Gasteiger charge is -2.37. The summed E-state index contributed by atoms with van der Waals surface area (Å²) in [6.07, 6.45) is 5.75. The van der Waals surface area contributed by atoms with Crippen molar-refractivity contribution in [3.05, 3.63) is 65.6 Å². The molecule has 0 unspecified atom stereocenters. The second kappa shape index (κ2) is 7.61. The van der Waals surface area contributed by atoms with Gasteiger partial charge in [-0.25, -0.2) is 0 Å². The van der Waals surface area contributed by atoms with Gasteiger partial charge in [-0.1, -0.05) is 68.4 Å². The van der Waals surface area contributed by atoms with Gasteiger partial charge in [-0.2, -0.15) is 0 Å². The van der Waals surface area contributed by atoms with E-state index in [1.807, 2.05) is 36.7 Å². The third kappa shape index (κ3) is 4.30. The molecule has 0 bridgehead atoms. The summed E-state index contributed by atoms with van der Waals surface area (Å²) in [7, 11) is 0. The molecule has 0 spiro atoms. The van der Waals surface area contributed by atoms with E-state index >= 15 is 0 Å². The molecule has 3 aromatic rings. The van der Waals surface area contributed by atoms with Crippen LogP contribution in [-0.4, -0.2) is 15.0 Å². The Morgan fingerprint density at radius 2 is 1.20 bits per heavy atom. The van der Waals surface area contributed by atoms with Gasteiger partial charge in [0.2, 0.25) is 0 Å². The summed E-state index contributed by atoms with van der Waals surface area (Å²) in [5, 5.41) is 0. The van der Waals surface area contributed by atoms with Crippen LogP contribution in [0, 0.1) is 0 Å². The number of aromatic nitrogens is 3. The second-order valence-corrected chi connectivity index (χ2v) is 11.1. The van der Waals surface area contributed by atoms with Crippen LogP contribution in [0.3, 0.4) is 0 Å². The Morgan fingerprint density at radius 3 is 1.73 bits per heavy atom. The smallest absolute Gasteiger partial charge is 0.0983 e. The Hall–Kier alpha value is -2.55. The van der Waals surface area contributed by atoms with Crippen molar-refractivity contribution in [3.8, 4) is 22.6 Å². The van der Waals surface area contributed by atoms with Gasteiger partial charge >= 0.3 is 0 Å². The highest BCUT2D eigenvalue weighted by molar-refractivity contribution is 5.80. The normalized spacial score (nSPS) is 12.8. The second-order valence-electron chi connectivity index (χ2n) is 11.1. The molecule has 0 aliphatic rings. The highest BCUT2D eigenvalue weighted by Crippen LogP contribution is 2.45. The van der Waals surface area contributed by atoms with Crippen LogP contribution >= 0.6 is 0 Å². The molecule has 30 heavy (non-hydrogen) atoms. The monoisotopic (exact) mass is 401 g/mol. The number of rotatable bonds is 2. The summed E-state index contributed by atoms with van der Waals surface area (Å²) < 4.78 is 0. The lowest BCUT2D eigenvalue weighted by molar-refractivity contribution is 0.495. The van der Waals surface area contributed by atoms with Gasteiger partial charge in [0.25, 0.3) is 0 Å². The Balaban J connectivity index is 2.45. The first-order valence-electron chi connectivity index (χ1n) is 10.7. The predicted octanol–water partition coefficient (Wildman–Crippen LogP) is 7.10. The van der Waals surface area contributed by atoms with E-state index in [2.05, 4.69) is 79.6 Å². The fraction of sp³-hybridized carbons (Fsp3) is 0.444. The van der Waals surface area contributed by atoms with E-state index in [-0.39, 0.29) is 16.2 Å². The van der Waals surface area contributed by atoms with Crippen molar-refractivity contribution in [2.75, 3.05) is 0 Å². The van der Waals surface area contributed by atoms with Gasteiger partial charge in [-0.3, -0.25) is 15.0 Å². The zero-order valence-electron chi connectivity index (χ0n) is 20.0. The SMILES string of the molecule is CC(C)(C)c1cnc(-c2ncccc2-c2ccccn2)c(C(C)(C)C)c1C(C)(C)C. The molecular weight excluding hydrogens is 366 g/mol. The average Bonchev–Trinajstić information content (AvgIpc) is 2.65. The maximum atomic E-state index is 5.05. The van der Waals surface area contributed by atoms with Crippen molar-refractivity contribution in [2.45, 2.75) is 78.6 Å². The summed E-state index contributed by atoms with van der Waals surface area (Å²) in [6.45, 7) is 20.5. The first kappa shape index (κ1) is 22.1. The molecule has 0 aliphatic heterocycles. The molecule has 0 amide bonds. The van der Waals surface area contributed by atoms with E-state index in [0.717, 1.165) is 22.6 Å². The Kier molecular flexibility index (Phi) is 5.62. The van der Waals surface area contributed by atoms with Crippen LogP contribution in [0.4, 0.5) is 0 Å². The molecule has 3 heterocycles. The van der Waals surface area contributed by atoms with Crippen molar-refractivity contribution in [1.82, 2.24) is 15.0 Å². The number of pyridine rings is 3. The first-order valence-corrected chi connectivity index (χ1v) is 10.7. The van der Waals surface area contributed by atoms with Gasteiger partial charge < -0.3 is 0 Å². The van der Waals surface area contributed by atoms with Gasteiger partial charge in [-0.05, 0) is 57.2 Å². The number of hydrogen-bond donors (Lipinski definition) is 0.